The zero-order valence-electron chi connectivity index (χ0n) is 14.9. The maximum absolute atomic E-state index is 13.2. The molecule has 2 heterocycles. The number of rotatable bonds is 5. The lowest BCUT2D eigenvalue weighted by molar-refractivity contribution is -0.115. The largest absolute Gasteiger partial charge is 0.325 e. The molecule has 5 nitrogen and oxygen atoms in total. The number of hydrogen-bond donors (Lipinski definition) is 2. The molecule has 0 radical (unpaired) electrons. The van der Waals surface area contributed by atoms with Crippen LogP contribution in [0, 0.1) is 19.7 Å². The first-order chi connectivity index (χ1) is 12.8. The highest BCUT2D eigenvalue weighted by molar-refractivity contribution is 7.99. The predicted octanol–water partition coefficient (Wildman–Crippen LogP) is 4.65. The number of carbonyl (C=O) groups excluding carboxylic acids is 1. The minimum absolute atomic E-state index is 0.0512. The number of benzene rings is 1. The van der Waals surface area contributed by atoms with E-state index >= 15 is 0 Å². The monoisotopic (exact) mass is 425 g/mol. The van der Waals surface area contributed by atoms with Gasteiger partial charge in [0.1, 0.15) is 16.5 Å². The number of nitrogens with zero attached hydrogens (tertiary/aromatic N) is 1. The Labute approximate surface area is 168 Å². The van der Waals surface area contributed by atoms with Gasteiger partial charge in [0, 0.05) is 10.6 Å². The second-order valence-corrected chi connectivity index (χ2v) is 8.99. The van der Waals surface area contributed by atoms with E-state index in [9.17, 15) is 14.0 Å². The van der Waals surface area contributed by atoms with Gasteiger partial charge in [0.25, 0.3) is 5.56 Å². The smallest absolute Gasteiger partial charge is 0.259 e. The van der Waals surface area contributed by atoms with Crippen LogP contribution in [0.4, 0.5) is 10.1 Å². The number of halogens is 2. The lowest BCUT2D eigenvalue weighted by Crippen LogP contribution is -2.23. The number of amides is 1. The molecular formula is C18H17ClFN3O2S2. The highest BCUT2D eigenvalue weighted by atomic mass is 35.5. The molecule has 142 valence electrons. The second kappa shape index (κ2) is 8.00. The van der Waals surface area contributed by atoms with Crippen LogP contribution in [0.5, 0.6) is 0 Å². The molecule has 0 aliphatic carbocycles. The fourth-order valence-electron chi connectivity index (χ4n) is 2.46. The highest BCUT2D eigenvalue weighted by Crippen LogP contribution is 2.27. The Morgan fingerprint density at radius 1 is 1.44 bits per heavy atom. The molecule has 0 saturated carbocycles. The van der Waals surface area contributed by atoms with Crippen molar-refractivity contribution in [2.45, 2.75) is 31.8 Å². The Morgan fingerprint density at radius 2 is 2.19 bits per heavy atom. The Balaban J connectivity index is 1.67. The molecule has 0 unspecified atom stereocenters. The van der Waals surface area contributed by atoms with E-state index in [2.05, 4.69) is 15.3 Å². The number of aryl methyl sites for hydroxylation is 2. The fraction of sp³-hybridized carbons (Fsp3) is 0.278. The van der Waals surface area contributed by atoms with Crippen LogP contribution >= 0.6 is 34.7 Å². The summed E-state index contributed by atoms with van der Waals surface area (Å²) in [5.74, 6) is 0.138. The molecule has 1 atom stereocenters. The molecule has 0 fully saturated rings. The number of aromatic nitrogens is 2. The third-order valence-electron chi connectivity index (χ3n) is 4.11. The first-order valence-corrected chi connectivity index (χ1v) is 10.4. The molecule has 0 bridgehead atoms. The van der Waals surface area contributed by atoms with Crippen molar-refractivity contribution in [1.82, 2.24) is 9.97 Å². The van der Waals surface area contributed by atoms with Crippen LogP contribution in [0.15, 0.2) is 23.0 Å². The van der Waals surface area contributed by atoms with E-state index in [0.29, 0.717) is 27.5 Å². The van der Waals surface area contributed by atoms with E-state index < -0.39 is 11.1 Å². The number of H-pyrrole nitrogens is 1. The van der Waals surface area contributed by atoms with Crippen LogP contribution in [-0.4, -0.2) is 21.1 Å². The Bertz CT molecular complexity index is 1080. The molecule has 2 aromatic heterocycles. The van der Waals surface area contributed by atoms with Crippen molar-refractivity contribution in [2.75, 3.05) is 5.32 Å². The molecule has 0 saturated heterocycles. The zero-order chi connectivity index (χ0) is 19.7. The van der Waals surface area contributed by atoms with Crippen LogP contribution in [0.2, 0.25) is 5.02 Å². The average Bonchev–Trinajstić information content (AvgIpc) is 2.90. The van der Waals surface area contributed by atoms with Gasteiger partial charge in [-0.3, -0.25) is 9.59 Å². The fourth-order valence-corrected chi connectivity index (χ4v) is 4.45. The summed E-state index contributed by atoms with van der Waals surface area (Å²) in [5, 5.41) is 2.87. The highest BCUT2D eigenvalue weighted by Gasteiger charge is 2.16. The summed E-state index contributed by atoms with van der Waals surface area (Å²) in [6.45, 7) is 5.62. The number of fused-ring (bicyclic) bond motifs is 1. The lowest BCUT2D eigenvalue weighted by atomic mass is 10.2. The molecule has 3 aromatic rings. The topological polar surface area (TPSA) is 74.8 Å². The summed E-state index contributed by atoms with van der Waals surface area (Å²) < 4.78 is 13.2. The Hall–Kier alpha value is -1.90. The number of thioether (sulfide) groups is 1. The second-order valence-electron chi connectivity index (χ2n) is 6.05. The number of nitrogens with one attached hydrogen (secondary N) is 2. The van der Waals surface area contributed by atoms with E-state index in [1.54, 1.807) is 6.92 Å². The molecular weight excluding hydrogens is 409 g/mol. The van der Waals surface area contributed by atoms with Crippen molar-refractivity contribution < 1.29 is 9.18 Å². The van der Waals surface area contributed by atoms with Crippen molar-refractivity contribution >= 4 is 56.5 Å². The molecule has 3 rings (SSSR count). The average molecular weight is 426 g/mol. The van der Waals surface area contributed by atoms with Gasteiger partial charge in [0.2, 0.25) is 5.91 Å². The van der Waals surface area contributed by atoms with Gasteiger partial charge in [-0.05, 0) is 44.5 Å². The Morgan fingerprint density at radius 3 is 2.89 bits per heavy atom. The van der Waals surface area contributed by atoms with E-state index in [-0.39, 0.29) is 16.5 Å². The minimum atomic E-state index is -0.540. The summed E-state index contributed by atoms with van der Waals surface area (Å²) in [5.41, 5.74) is 1.22. The zero-order valence-corrected chi connectivity index (χ0v) is 17.2. The van der Waals surface area contributed by atoms with E-state index in [1.807, 2.05) is 13.8 Å². The summed E-state index contributed by atoms with van der Waals surface area (Å²) in [4.78, 5) is 33.7. The van der Waals surface area contributed by atoms with Gasteiger partial charge < -0.3 is 10.3 Å². The van der Waals surface area contributed by atoms with Gasteiger partial charge in [0.15, 0.2) is 0 Å². The first-order valence-electron chi connectivity index (χ1n) is 8.12. The van der Waals surface area contributed by atoms with Crippen LogP contribution in [0.1, 0.15) is 23.2 Å². The van der Waals surface area contributed by atoms with Crippen LogP contribution in [0.25, 0.3) is 10.2 Å². The van der Waals surface area contributed by atoms with E-state index in [0.717, 1.165) is 10.4 Å². The summed E-state index contributed by atoms with van der Waals surface area (Å²) >= 11 is 8.56. The van der Waals surface area contributed by atoms with Gasteiger partial charge in [-0.15, -0.1) is 23.1 Å². The third kappa shape index (κ3) is 4.34. The molecule has 27 heavy (non-hydrogen) atoms. The van der Waals surface area contributed by atoms with Gasteiger partial charge >= 0.3 is 0 Å². The van der Waals surface area contributed by atoms with Gasteiger partial charge in [-0.2, -0.15) is 0 Å². The summed E-state index contributed by atoms with van der Waals surface area (Å²) in [6, 6.07) is 4.01. The molecule has 0 spiro atoms. The molecule has 1 amide bonds. The van der Waals surface area contributed by atoms with Crippen molar-refractivity contribution in [2.24, 2.45) is 0 Å². The van der Waals surface area contributed by atoms with Crippen molar-refractivity contribution in [3.8, 4) is 0 Å². The molecule has 1 aromatic carbocycles. The predicted molar refractivity (Wildman–Crippen MR) is 111 cm³/mol. The number of aromatic amines is 1. The van der Waals surface area contributed by atoms with Gasteiger partial charge in [0.05, 0.1) is 21.4 Å². The van der Waals surface area contributed by atoms with Crippen molar-refractivity contribution in [3.05, 3.63) is 55.7 Å². The maximum atomic E-state index is 13.2. The number of anilines is 1. The van der Waals surface area contributed by atoms with Gasteiger partial charge in [-0.25, -0.2) is 9.37 Å². The van der Waals surface area contributed by atoms with Crippen LogP contribution in [-0.2, 0) is 10.5 Å². The number of hydrogen-bond acceptors (Lipinski definition) is 5. The molecule has 0 aliphatic rings. The maximum Gasteiger partial charge on any atom is 0.259 e. The van der Waals surface area contributed by atoms with Gasteiger partial charge in [-0.1, -0.05) is 11.6 Å². The summed E-state index contributed by atoms with van der Waals surface area (Å²) in [7, 11) is 0. The SMILES string of the molecule is Cc1sc2nc(CS[C@@H](C)C(=O)Nc3ccc(F)c(Cl)c3)[nH]c(=O)c2c1C. The van der Waals surface area contributed by atoms with Crippen LogP contribution in [0.3, 0.4) is 0 Å². The van der Waals surface area contributed by atoms with Crippen molar-refractivity contribution in [1.29, 1.82) is 0 Å². The Kier molecular flexibility index (Phi) is 5.88. The quantitative estimate of drug-likeness (QED) is 0.623. The summed E-state index contributed by atoms with van der Waals surface area (Å²) in [6.07, 6.45) is 0. The lowest BCUT2D eigenvalue weighted by Gasteiger charge is -2.12. The molecule has 0 aliphatic heterocycles. The number of thiophene rings is 1. The first kappa shape index (κ1) is 19.9. The van der Waals surface area contributed by atoms with Crippen molar-refractivity contribution in [3.63, 3.8) is 0 Å². The van der Waals surface area contributed by atoms with E-state index in [1.165, 1.54) is 41.3 Å². The standard InChI is InChI=1S/C18H17ClFN3O2S2/c1-8-9(2)27-18-15(8)17(25)22-14(23-18)7-26-10(3)16(24)21-11-4-5-13(20)12(19)6-11/h4-6,10H,7H2,1-3H3,(H,21,24)(H,22,23,25)/t10-/m0/s1. The molecule has 9 heteroatoms. The minimum Gasteiger partial charge on any atom is -0.325 e. The normalized spacial score (nSPS) is 12.3. The third-order valence-corrected chi connectivity index (χ3v) is 6.66. The van der Waals surface area contributed by atoms with E-state index in [4.69, 9.17) is 11.6 Å². The molecule has 2 N–H and O–H groups in total. The number of carbonyl (C=O) groups is 1. The van der Waals surface area contributed by atoms with Crippen LogP contribution < -0.4 is 10.9 Å².